The molecule has 188 valence electrons. The summed E-state index contributed by atoms with van der Waals surface area (Å²) < 4.78 is 19.9. The predicted octanol–water partition coefficient (Wildman–Crippen LogP) is 1.49. The Balaban J connectivity index is 2.56. The molecule has 0 bridgehead atoms. The van der Waals surface area contributed by atoms with Crippen molar-refractivity contribution in [3.8, 4) is 0 Å². The van der Waals surface area contributed by atoms with Crippen molar-refractivity contribution in [1.29, 1.82) is 0 Å². The number of esters is 3. The van der Waals surface area contributed by atoms with E-state index in [0.29, 0.717) is 13.0 Å². The predicted molar refractivity (Wildman–Crippen MR) is 128 cm³/mol. The first-order valence-corrected chi connectivity index (χ1v) is 11.5. The molecule has 0 aliphatic heterocycles. The lowest BCUT2D eigenvalue weighted by Gasteiger charge is -2.19. The van der Waals surface area contributed by atoms with E-state index in [2.05, 4.69) is 47.4 Å². The van der Waals surface area contributed by atoms with Crippen LogP contribution in [-0.2, 0) is 44.5 Å². The first kappa shape index (κ1) is 29.1. The molecule has 0 saturated heterocycles. The number of carbonyl (C=O) groups is 5. The average molecular weight is 592 g/mol. The minimum atomic E-state index is -1.37. The Kier molecular flexibility index (Phi) is 13.6. The van der Waals surface area contributed by atoms with Gasteiger partial charge in [0, 0.05) is 29.4 Å². The minimum absolute atomic E-state index is 0.0947. The molecular weight excluding hydrogens is 563 g/mol. The molecule has 0 heterocycles. The summed E-state index contributed by atoms with van der Waals surface area (Å²) in [4.78, 5) is 59.6. The third-order valence-corrected chi connectivity index (χ3v) is 5.36. The van der Waals surface area contributed by atoms with Crippen molar-refractivity contribution in [3.05, 3.63) is 33.4 Å². The molecule has 1 aromatic rings. The SMILES string of the molecule is COC(=O)CC[C@H](NC(=O)O[C@@H](CCC(=O)NCCc1ccc(I)cc1)C(=O)OC)C(=O)OC. The summed E-state index contributed by atoms with van der Waals surface area (Å²) in [6.07, 6.45) is -2.30. The van der Waals surface area contributed by atoms with Crippen molar-refractivity contribution in [3.63, 3.8) is 0 Å². The zero-order valence-electron chi connectivity index (χ0n) is 19.3. The molecule has 2 N–H and O–H groups in total. The fraction of sp³-hybridized carbons (Fsp3) is 0.500. The van der Waals surface area contributed by atoms with Gasteiger partial charge in [-0.3, -0.25) is 9.59 Å². The molecule has 0 fully saturated rings. The summed E-state index contributed by atoms with van der Waals surface area (Å²) >= 11 is 2.21. The molecule has 0 spiro atoms. The van der Waals surface area contributed by atoms with E-state index in [9.17, 15) is 24.0 Å². The maximum Gasteiger partial charge on any atom is 0.408 e. The fourth-order valence-electron chi connectivity index (χ4n) is 2.77. The van der Waals surface area contributed by atoms with Crippen LogP contribution in [0.25, 0.3) is 0 Å². The van der Waals surface area contributed by atoms with Crippen LogP contribution in [0.5, 0.6) is 0 Å². The molecule has 0 aliphatic carbocycles. The molecule has 2 amide bonds. The van der Waals surface area contributed by atoms with Crippen LogP contribution in [0.4, 0.5) is 4.79 Å². The normalized spacial score (nSPS) is 12.0. The molecule has 1 aromatic carbocycles. The Morgan fingerprint density at radius 2 is 1.53 bits per heavy atom. The number of benzene rings is 1. The van der Waals surface area contributed by atoms with Gasteiger partial charge in [-0.15, -0.1) is 0 Å². The van der Waals surface area contributed by atoms with Crippen LogP contribution in [0.15, 0.2) is 24.3 Å². The Bertz CT molecular complexity index is 845. The topological polar surface area (TPSA) is 146 Å². The summed E-state index contributed by atoms with van der Waals surface area (Å²) in [5.41, 5.74) is 1.07. The van der Waals surface area contributed by atoms with Crippen molar-refractivity contribution < 1.29 is 42.9 Å². The second-order valence-electron chi connectivity index (χ2n) is 7.02. The second kappa shape index (κ2) is 15.9. The first-order chi connectivity index (χ1) is 16.2. The highest BCUT2D eigenvalue weighted by molar-refractivity contribution is 14.1. The van der Waals surface area contributed by atoms with Crippen LogP contribution in [0.1, 0.15) is 31.2 Å². The van der Waals surface area contributed by atoms with E-state index in [1.165, 1.54) is 7.11 Å². The van der Waals surface area contributed by atoms with Crippen LogP contribution in [-0.4, -0.2) is 69.9 Å². The van der Waals surface area contributed by atoms with Gasteiger partial charge in [0.1, 0.15) is 6.04 Å². The molecule has 0 aliphatic rings. The van der Waals surface area contributed by atoms with E-state index in [1.807, 2.05) is 24.3 Å². The molecule has 11 nitrogen and oxygen atoms in total. The van der Waals surface area contributed by atoms with E-state index in [1.54, 1.807) is 0 Å². The molecule has 34 heavy (non-hydrogen) atoms. The summed E-state index contributed by atoms with van der Waals surface area (Å²) in [6.45, 7) is 0.407. The number of carbonyl (C=O) groups excluding carboxylic acids is 5. The van der Waals surface area contributed by atoms with Crippen molar-refractivity contribution in [2.75, 3.05) is 27.9 Å². The van der Waals surface area contributed by atoms with Crippen molar-refractivity contribution >= 4 is 52.5 Å². The monoisotopic (exact) mass is 592 g/mol. The van der Waals surface area contributed by atoms with Crippen LogP contribution >= 0.6 is 22.6 Å². The summed E-state index contributed by atoms with van der Waals surface area (Å²) in [5, 5.41) is 4.99. The maximum atomic E-state index is 12.3. The quantitative estimate of drug-likeness (QED) is 0.198. The Morgan fingerprint density at radius 1 is 0.882 bits per heavy atom. The number of methoxy groups -OCH3 is 3. The number of nitrogens with one attached hydrogen (secondary N) is 2. The molecule has 0 radical (unpaired) electrons. The van der Waals surface area contributed by atoms with E-state index in [4.69, 9.17) is 4.74 Å². The highest BCUT2D eigenvalue weighted by Gasteiger charge is 2.28. The molecule has 12 heteroatoms. The number of alkyl carbamates (subject to hydrolysis) is 1. The van der Waals surface area contributed by atoms with Gasteiger partial charge >= 0.3 is 24.0 Å². The number of hydrogen-bond acceptors (Lipinski definition) is 9. The third kappa shape index (κ3) is 11.3. The highest BCUT2D eigenvalue weighted by atomic mass is 127. The van der Waals surface area contributed by atoms with Gasteiger partial charge in [0.25, 0.3) is 0 Å². The van der Waals surface area contributed by atoms with Crippen molar-refractivity contribution in [1.82, 2.24) is 10.6 Å². The van der Waals surface area contributed by atoms with Gasteiger partial charge in [-0.2, -0.15) is 0 Å². The lowest BCUT2D eigenvalue weighted by molar-refractivity contribution is -0.151. The van der Waals surface area contributed by atoms with E-state index in [-0.39, 0.29) is 31.6 Å². The molecule has 1 rings (SSSR count). The number of rotatable bonds is 13. The molecule has 2 atom stereocenters. The van der Waals surface area contributed by atoms with E-state index < -0.39 is 36.1 Å². The highest BCUT2D eigenvalue weighted by Crippen LogP contribution is 2.09. The summed E-state index contributed by atoms with van der Waals surface area (Å²) in [6, 6.07) is 6.70. The van der Waals surface area contributed by atoms with Gasteiger partial charge in [0.2, 0.25) is 12.0 Å². The lowest BCUT2D eigenvalue weighted by Crippen LogP contribution is -2.44. The van der Waals surface area contributed by atoms with Gasteiger partial charge in [0.05, 0.1) is 21.3 Å². The smallest absolute Gasteiger partial charge is 0.408 e. The Labute approximate surface area is 211 Å². The van der Waals surface area contributed by atoms with Crippen LogP contribution in [0, 0.1) is 3.57 Å². The van der Waals surface area contributed by atoms with Crippen molar-refractivity contribution in [2.24, 2.45) is 0 Å². The first-order valence-electron chi connectivity index (χ1n) is 10.4. The van der Waals surface area contributed by atoms with Gasteiger partial charge < -0.3 is 29.6 Å². The Morgan fingerprint density at radius 3 is 2.12 bits per heavy atom. The minimum Gasteiger partial charge on any atom is -0.469 e. The average Bonchev–Trinajstić information content (AvgIpc) is 2.84. The Hall–Kier alpha value is -2.90. The number of ether oxygens (including phenoxy) is 4. The van der Waals surface area contributed by atoms with Gasteiger partial charge in [-0.25, -0.2) is 14.4 Å². The second-order valence-corrected chi connectivity index (χ2v) is 8.26. The maximum absolute atomic E-state index is 12.3. The molecule has 0 saturated carbocycles. The van der Waals surface area contributed by atoms with Gasteiger partial charge in [-0.1, -0.05) is 12.1 Å². The van der Waals surface area contributed by atoms with E-state index >= 15 is 0 Å². The summed E-state index contributed by atoms with van der Waals surface area (Å²) in [7, 11) is 3.43. The molecule has 0 aromatic heterocycles. The standard InChI is InChI=1S/C22H29IN2O9/c1-31-19(27)11-8-16(20(28)32-2)25-22(30)34-17(21(29)33-3)9-10-18(26)24-13-12-14-4-6-15(23)7-5-14/h4-7,16-17H,8-13H2,1-3H3,(H,24,26)(H,25,30)/t16-,17-/m0/s1. The van der Waals surface area contributed by atoms with Crippen molar-refractivity contribution in [2.45, 2.75) is 44.2 Å². The molecular formula is C22H29IN2O9. The number of hydrogen-bond donors (Lipinski definition) is 2. The summed E-state index contributed by atoms with van der Waals surface area (Å²) in [5.74, 6) is -2.56. The largest absolute Gasteiger partial charge is 0.469 e. The van der Waals surface area contributed by atoms with Gasteiger partial charge in [-0.05, 0) is 53.1 Å². The zero-order chi connectivity index (χ0) is 25.5. The third-order valence-electron chi connectivity index (χ3n) is 4.64. The lowest BCUT2D eigenvalue weighted by atomic mass is 10.1. The zero-order valence-corrected chi connectivity index (χ0v) is 21.4. The van der Waals surface area contributed by atoms with E-state index in [0.717, 1.165) is 23.4 Å². The van der Waals surface area contributed by atoms with Crippen LogP contribution in [0.3, 0.4) is 0 Å². The number of amides is 2. The number of halogens is 1. The van der Waals surface area contributed by atoms with Gasteiger partial charge in [0.15, 0.2) is 0 Å². The van der Waals surface area contributed by atoms with Crippen LogP contribution in [0.2, 0.25) is 0 Å². The van der Waals surface area contributed by atoms with Crippen LogP contribution < -0.4 is 10.6 Å². The molecule has 0 unspecified atom stereocenters. The fourth-order valence-corrected chi connectivity index (χ4v) is 3.12.